The van der Waals surface area contributed by atoms with Crippen molar-refractivity contribution in [1.82, 2.24) is 4.72 Å². The second-order valence-corrected chi connectivity index (χ2v) is 12.2. The highest BCUT2D eigenvalue weighted by Crippen LogP contribution is 2.37. The zero-order valence-corrected chi connectivity index (χ0v) is 20.0. The summed E-state index contributed by atoms with van der Waals surface area (Å²) in [7, 11) is -8.92. The van der Waals surface area contributed by atoms with Gasteiger partial charge in [0.2, 0.25) is 19.9 Å². The largest absolute Gasteiger partial charge is 0.417 e. The van der Waals surface area contributed by atoms with Gasteiger partial charge in [0.15, 0.2) is 0 Å². The van der Waals surface area contributed by atoms with E-state index in [1.165, 1.54) is 24.3 Å². The van der Waals surface area contributed by atoms with Crippen LogP contribution in [0.3, 0.4) is 0 Å². The van der Waals surface area contributed by atoms with Gasteiger partial charge in [0.05, 0.1) is 20.2 Å². The van der Waals surface area contributed by atoms with Gasteiger partial charge in [0.1, 0.15) is 0 Å². The number of nitrogens with one attached hydrogen (secondary N) is 1. The average molecular weight is 560 g/mol. The summed E-state index contributed by atoms with van der Waals surface area (Å²) in [6, 6.07) is 13.7. The number of sulfone groups is 1. The summed E-state index contributed by atoms with van der Waals surface area (Å²) < 4.78 is 96.1. The van der Waals surface area contributed by atoms with Crippen LogP contribution in [0.1, 0.15) is 16.7 Å². The molecule has 1 aliphatic rings. The van der Waals surface area contributed by atoms with Gasteiger partial charge < -0.3 is 0 Å². The van der Waals surface area contributed by atoms with E-state index in [-0.39, 0.29) is 4.90 Å². The van der Waals surface area contributed by atoms with E-state index in [4.69, 9.17) is 0 Å². The maximum Gasteiger partial charge on any atom is 0.417 e. The number of alkyl halides is 3. The Labute approximate surface area is 197 Å². The average Bonchev–Trinajstić information content (AvgIpc) is 3.13. The molecule has 1 atom stereocenters. The first kappa shape index (κ1) is 23.9. The second-order valence-electron chi connectivity index (χ2n) is 7.61. The van der Waals surface area contributed by atoms with E-state index in [9.17, 15) is 30.0 Å². The molecule has 0 radical (unpaired) electrons. The van der Waals surface area contributed by atoms with E-state index >= 15 is 0 Å². The lowest BCUT2D eigenvalue weighted by Gasteiger charge is -2.18. The van der Waals surface area contributed by atoms with Gasteiger partial charge in [-0.1, -0.05) is 40.2 Å². The Balaban J connectivity index is 1.74. The monoisotopic (exact) mass is 559 g/mol. The van der Waals surface area contributed by atoms with E-state index in [1.54, 1.807) is 12.1 Å². The molecule has 0 fully saturated rings. The van der Waals surface area contributed by atoms with Gasteiger partial charge >= 0.3 is 6.18 Å². The van der Waals surface area contributed by atoms with Crippen molar-refractivity contribution in [2.45, 2.75) is 39.7 Å². The van der Waals surface area contributed by atoms with Crippen LogP contribution in [-0.4, -0.2) is 22.9 Å². The first-order chi connectivity index (χ1) is 15.4. The van der Waals surface area contributed by atoms with Gasteiger partial charge in [0.25, 0.3) is 0 Å². The van der Waals surface area contributed by atoms with Gasteiger partial charge in [-0.25, -0.2) is 21.6 Å². The Morgan fingerprint density at radius 1 is 0.818 bits per heavy atom. The maximum absolute atomic E-state index is 13.7. The fraction of sp³-hybridized carbons (Fsp3) is 0.182. The van der Waals surface area contributed by atoms with Crippen LogP contribution in [0.5, 0.6) is 0 Å². The standard InChI is InChI=1S/C22H17BrF3NO4S2/c23-16-7-6-14-11-17(12-15(14)10-16)27-33(30,31)21-13-19(8-9-20(21)22(24,25)26)32(28,29)18-4-2-1-3-5-18/h1-10,13,17,27H,11-12H2/t17-/m1/s1. The van der Waals surface area contributed by atoms with Crippen molar-refractivity contribution in [2.24, 2.45) is 0 Å². The minimum atomic E-state index is -5.00. The molecule has 0 saturated carbocycles. The summed E-state index contributed by atoms with van der Waals surface area (Å²) in [5, 5.41) is 0. The summed E-state index contributed by atoms with van der Waals surface area (Å²) in [5.41, 5.74) is 0.344. The molecule has 4 rings (SSSR count). The maximum atomic E-state index is 13.7. The molecule has 0 saturated heterocycles. The third-order valence-corrected chi connectivity index (χ3v) is 9.16. The Kier molecular flexibility index (Phi) is 6.19. The number of sulfonamides is 1. The highest BCUT2D eigenvalue weighted by molar-refractivity contribution is 9.10. The number of rotatable bonds is 5. The Morgan fingerprint density at radius 3 is 2.15 bits per heavy atom. The lowest BCUT2D eigenvalue weighted by molar-refractivity contribution is -0.139. The van der Waals surface area contributed by atoms with Gasteiger partial charge in [0, 0.05) is 10.5 Å². The van der Waals surface area contributed by atoms with Crippen molar-refractivity contribution in [1.29, 1.82) is 0 Å². The van der Waals surface area contributed by atoms with Gasteiger partial charge in [-0.2, -0.15) is 13.2 Å². The highest BCUT2D eigenvalue weighted by Gasteiger charge is 2.39. The molecule has 5 nitrogen and oxygen atoms in total. The first-order valence-electron chi connectivity index (χ1n) is 9.69. The van der Waals surface area contributed by atoms with Crippen molar-refractivity contribution < 1.29 is 30.0 Å². The molecular weight excluding hydrogens is 543 g/mol. The SMILES string of the molecule is O=S(=O)(N[C@@H]1Cc2ccc(Br)cc2C1)c1cc(S(=O)(=O)c2ccccc2)ccc1C(F)(F)F. The lowest BCUT2D eigenvalue weighted by Crippen LogP contribution is -2.36. The van der Waals surface area contributed by atoms with Gasteiger partial charge in [-0.3, -0.25) is 0 Å². The van der Waals surface area contributed by atoms with E-state index in [1.807, 2.05) is 12.1 Å². The zero-order chi connectivity index (χ0) is 24.0. The summed E-state index contributed by atoms with van der Waals surface area (Å²) in [4.78, 5) is -1.82. The Hall–Kier alpha value is -2.21. The topological polar surface area (TPSA) is 80.3 Å². The van der Waals surface area contributed by atoms with E-state index in [0.29, 0.717) is 25.0 Å². The fourth-order valence-electron chi connectivity index (χ4n) is 3.82. The van der Waals surface area contributed by atoms with Crippen LogP contribution in [0.15, 0.2) is 85.9 Å². The molecular formula is C22H17BrF3NO4S2. The van der Waals surface area contributed by atoms with Crippen molar-refractivity contribution in [3.8, 4) is 0 Å². The van der Waals surface area contributed by atoms with Crippen LogP contribution in [0.4, 0.5) is 13.2 Å². The summed E-state index contributed by atoms with van der Waals surface area (Å²) >= 11 is 3.34. The molecule has 174 valence electrons. The summed E-state index contributed by atoms with van der Waals surface area (Å²) in [5.74, 6) is 0. The van der Waals surface area contributed by atoms with Crippen LogP contribution >= 0.6 is 15.9 Å². The molecule has 0 unspecified atom stereocenters. The minimum Gasteiger partial charge on any atom is -0.219 e. The summed E-state index contributed by atoms with van der Waals surface area (Å²) in [6.07, 6.45) is -4.38. The molecule has 3 aromatic rings. The van der Waals surface area contributed by atoms with Crippen LogP contribution in [0.25, 0.3) is 0 Å². The number of halogens is 4. The zero-order valence-electron chi connectivity index (χ0n) is 16.8. The van der Waals surface area contributed by atoms with Crippen molar-refractivity contribution >= 4 is 35.8 Å². The minimum absolute atomic E-state index is 0.155. The number of benzene rings is 3. The lowest BCUT2D eigenvalue weighted by atomic mass is 10.1. The smallest absolute Gasteiger partial charge is 0.219 e. The van der Waals surface area contributed by atoms with Crippen LogP contribution in [0.2, 0.25) is 0 Å². The number of hydrogen-bond acceptors (Lipinski definition) is 4. The van der Waals surface area contributed by atoms with Crippen molar-refractivity contribution in [2.75, 3.05) is 0 Å². The molecule has 0 bridgehead atoms. The van der Waals surface area contributed by atoms with E-state index in [0.717, 1.165) is 21.7 Å². The van der Waals surface area contributed by atoms with Gasteiger partial charge in [-0.15, -0.1) is 0 Å². The van der Waals surface area contributed by atoms with Crippen LogP contribution in [-0.2, 0) is 38.9 Å². The Morgan fingerprint density at radius 2 is 1.48 bits per heavy atom. The van der Waals surface area contributed by atoms with Crippen LogP contribution in [0, 0.1) is 0 Å². The van der Waals surface area contributed by atoms with E-state index in [2.05, 4.69) is 20.7 Å². The molecule has 0 heterocycles. The number of hydrogen-bond donors (Lipinski definition) is 1. The van der Waals surface area contributed by atoms with Crippen molar-refractivity contribution in [3.05, 3.63) is 87.9 Å². The van der Waals surface area contributed by atoms with Gasteiger partial charge in [-0.05, 0) is 66.4 Å². The molecule has 11 heteroatoms. The molecule has 33 heavy (non-hydrogen) atoms. The quantitative estimate of drug-likeness (QED) is 0.489. The second kappa shape index (κ2) is 8.53. The molecule has 0 aromatic heterocycles. The molecule has 0 spiro atoms. The third-order valence-electron chi connectivity index (χ3n) is 5.33. The fourth-order valence-corrected chi connectivity index (χ4v) is 7.09. The molecule has 3 aromatic carbocycles. The number of fused-ring (bicyclic) bond motifs is 1. The normalized spacial score (nSPS) is 16.5. The molecule has 0 amide bonds. The molecule has 0 aliphatic heterocycles. The highest BCUT2D eigenvalue weighted by atomic mass is 79.9. The first-order valence-corrected chi connectivity index (χ1v) is 13.4. The molecule has 1 aliphatic carbocycles. The third kappa shape index (κ3) is 4.86. The van der Waals surface area contributed by atoms with Crippen molar-refractivity contribution in [3.63, 3.8) is 0 Å². The predicted octanol–water partition coefficient (Wildman–Crippen LogP) is 4.75. The van der Waals surface area contributed by atoms with E-state index < -0.39 is 47.4 Å². The predicted molar refractivity (Wildman–Crippen MR) is 119 cm³/mol. The summed E-state index contributed by atoms with van der Waals surface area (Å²) in [6.45, 7) is 0. The Bertz CT molecular complexity index is 1420. The van der Waals surface area contributed by atoms with Crippen LogP contribution < -0.4 is 4.72 Å². The molecule has 1 N–H and O–H groups in total.